The van der Waals surface area contributed by atoms with Crippen LogP contribution in [0.5, 0.6) is 0 Å². The topological polar surface area (TPSA) is 57.2 Å². The number of aromatic amines is 1. The molecule has 0 fully saturated rings. The Morgan fingerprint density at radius 3 is 2.70 bits per heavy atom. The highest BCUT2D eigenvalue weighted by Gasteiger charge is 2.29. The number of halogens is 1. The van der Waals surface area contributed by atoms with Crippen molar-refractivity contribution in [1.82, 2.24) is 10.4 Å². The minimum absolute atomic E-state index is 0.0764. The fraction of sp³-hybridized carbons (Fsp3) is 0.111. The van der Waals surface area contributed by atoms with Crippen LogP contribution in [-0.2, 0) is 4.79 Å². The van der Waals surface area contributed by atoms with Crippen LogP contribution < -0.4 is 5.43 Å². The van der Waals surface area contributed by atoms with E-state index in [-0.39, 0.29) is 11.8 Å². The molecule has 0 radical (unpaired) electrons. The van der Waals surface area contributed by atoms with E-state index in [1.165, 1.54) is 0 Å². The molecule has 114 valence electrons. The van der Waals surface area contributed by atoms with Crippen molar-refractivity contribution in [3.63, 3.8) is 0 Å². The zero-order valence-electron chi connectivity index (χ0n) is 12.2. The summed E-state index contributed by atoms with van der Waals surface area (Å²) in [5, 5.41) is 5.97. The Morgan fingerprint density at radius 1 is 1.09 bits per heavy atom. The average molecular weight is 324 g/mol. The third-order valence-corrected chi connectivity index (χ3v) is 4.44. The van der Waals surface area contributed by atoms with Gasteiger partial charge in [-0.3, -0.25) is 4.79 Å². The van der Waals surface area contributed by atoms with E-state index in [0.717, 1.165) is 27.7 Å². The van der Waals surface area contributed by atoms with Crippen LogP contribution in [0.25, 0.3) is 10.9 Å². The first kappa shape index (κ1) is 14.0. The summed E-state index contributed by atoms with van der Waals surface area (Å²) >= 11 is 5.94. The second-order valence-electron chi connectivity index (χ2n) is 5.59. The van der Waals surface area contributed by atoms with Gasteiger partial charge in [-0.15, -0.1) is 0 Å². The molecule has 1 aromatic heterocycles. The third kappa shape index (κ3) is 2.51. The molecule has 0 spiro atoms. The minimum Gasteiger partial charge on any atom is -0.361 e. The molecule has 1 aliphatic rings. The van der Waals surface area contributed by atoms with Crippen molar-refractivity contribution in [2.75, 3.05) is 0 Å². The number of carbonyl (C=O) groups is 1. The zero-order chi connectivity index (χ0) is 15.8. The Hall–Kier alpha value is -2.59. The minimum atomic E-state index is -0.255. The van der Waals surface area contributed by atoms with E-state index < -0.39 is 0 Å². The summed E-state index contributed by atoms with van der Waals surface area (Å²) in [7, 11) is 0. The van der Waals surface area contributed by atoms with Gasteiger partial charge in [-0.25, -0.2) is 5.43 Å². The van der Waals surface area contributed by atoms with Crippen LogP contribution in [0.2, 0.25) is 5.02 Å². The number of aromatic nitrogens is 1. The largest absolute Gasteiger partial charge is 0.361 e. The number of carbonyl (C=O) groups excluding carboxylic acids is 1. The van der Waals surface area contributed by atoms with Gasteiger partial charge in [0.05, 0.1) is 11.6 Å². The van der Waals surface area contributed by atoms with Gasteiger partial charge in [0, 0.05) is 28.5 Å². The Balaban J connectivity index is 1.71. The predicted octanol–water partition coefficient (Wildman–Crippen LogP) is 3.83. The second kappa shape index (κ2) is 5.56. The van der Waals surface area contributed by atoms with E-state index in [0.29, 0.717) is 11.4 Å². The molecular weight excluding hydrogens is 310 g/mol. The number of amides is 1. The molecule has 4 nitrogen and oxygen atoms in total. The van der Waals surface area contributed by atoms with E-state index in [1.54, 1.807) is 0 Å². The second-order valence-corrected chi connectivity index (χ2v) is 6.02. The number of para-hydroxylation sites is 1. The Bertz CT molecular complexity index is 911. The van der Waals surface area contributed by atoms with Crippen LogP contribution in [0.1, 0.15) is 23.5 Å². The van der Waals surface area contributed by atoms with Crippen LogP contribution in [0, 0.1) is 0 Å². The quantitative estimate of drug-likeness (QED) is 0.740. The van der Waals surface area contributed by atoms with Gasteiger partial charge in [0.15, 0.2) is 0 Å². The van der Waals surface area contributed by atoms with Crippen LogP contribution in [-0.4, -0.2) is 16.6 Å². The maximum absolute atomic E-state index is 12.3. The summed E-state index contributed by atoms with van der Waals surface area (Å²) in [6.07, 6.45) is 2.48. The van der Waals surface area contributed by atoms with E-state index in [4.69, 9.17) is 11.6 Å². The summed E-state index contributed by atoms with van der Waals surface area (Å²) in [5.41, 5.74) is 6.51. The maximum Gasteiger partial charge on any atom is 0.248 e. The lowest BCUT2D eigenvalue weighted by atomic mass is 9.89. The highest BCUT2D eigenvalue weighted by Crippen LogP contribution is 2.31. The highest BCUT2D eigenvalue weighted by atomic mass is 35.5. The first-order chi connectivity index (χ1) is 11.2. The molecule has 1 amide bonds. The maximum atomic E-state index is 12.3. The van der Waals surface area contributed by atoms with Crippen LogP contribution >= 0.6 is 11.6 Å². The van der Waals surface area contributed by atoms with Crippen LogP contribution in [0.15, 0.2) is 59.8 Å². The van der Waals surface area contributed by atoms with Gasteiger partial charge in [-0.1, -0.05) is 41.9 Å². The van der Waals surface area contributed by atoms with Gasteiger partial charge < -0.3 is 4.98 Å². The van der Waals surface area contributed by atoms with E-state index in [9.17, 15) is 4.79 Å². The van der Waals surface area contributed by atoms with Gasteiger partial charge in [-0.05, 0) is 29.3 Å². The molecule has 5 heteroatoms. The number of H-pyrrole nitrogens is 1. The molecule has 0 unspecified atom stereocenters. The van der Waals surface area contributed by atoms with Crippen molar-refractivity contribution in [2.45, 2.75) is 12.3 Å². The van der Waals surface area contributed by atoms with E-state index >= 15 is 0 Å². The van der Waals surface area contributed by atoms with Gasteiger partial charge in [0.25, 0.3) is 0 Å². The van der Waals surface area contributed by atoms with Crippen LogP contribution in [0.4, 0.5) is 0 Å². The lowest BCUT2D eigenvalue weighted by molar-refractivity contribution is -0.122. The number of hydrogen-bond donors (Lipinski definition) is 2. The molecule has 23 heavy (non-hydrogen) atoms. The molecule has 1 aliphatic heterocycles. The van der Waals surface area contributed by atoms with Gasteiger partial charge in [0.1, 0.15) is 0 Å². The summed E-state index contributed by atoms with van der Waals surface area (Å²) in [6, 6.07) is 15.5. The monoisotopic (exact) mass is 323 g/mol. The SMILES string of the molecule is O=C1NN=C(c2ccc(Cl)cc2)C[C@@H]1c1c[nH]c2ccccc12. The van der Waals surface area contributed by atoms with Crippen molar-refractivity contribution in [3.05, 3.63) is 70.9 Å². The average Bonchev–Trinajstić information content (AvgIpc) is 3.00. The molecule has 0 saturated carbocycles. The number of fused-ring (bicyclic) bond motifs is 1. The Labute approximate surface area is 138 Å². The molecule has 4 rings (SSSR count). The van der Waals surface area contributed by atoms with Crippen molar-refractivity contribution < 1.29 is 4.79 Å². The molecule has 2 aromatic carbocycles. The normalized spacial score (nSPS) is 17.9. The summed E-state index contributed by atoms with van der Waals surface area (Å²) < 4.78 is 0. The number of hydrazone groups is 1. The highest BCUT2D eigenvalue weighted by molar-refractivity contribution is 6.30. The number of nitrogens with one attached hydrogen (secondary N) is 2. The number of nitrogens with zero attached hydrogens (tertiary/aromatic N) is 1. The molecular formula is C18H14ClN3O. The lowest BCUT2D eigenvalue weighted by Crippen LogP contribution is -2.33. The van der Waals surface area contributed by atoms with Crippen molar-refractivity contribution >= 4 is 34.1 Å². The smallest absolute Gasteiger partial charge is 0.248 e. The number of hydrogen-bond acceptors (Lipinski definition) is 2. The first-order valence-electron chi connectivity index (χ1n) is 7.41. The van der Waals surface area contributed by atoms with Crippen molar-refractivity contribution in [3.8, 4) is 0 Å². The van der Waals surface area contributed by atoms with Crippen molar-refractivity contribution in [2.24, 2.45) is 5.10 Å². The van der Waals surface area contributed by atoms with Gasteiger partial charge in [0.2, 0.25) is 5.91 Å². The molecule has 0 saturated heterocycles. The fourth-order valence-electron chi connectivity index (χ4n) is 2.99. The lowest BCUT2D eigenvalue weighted by Gasteiger charge is -2.21. The number of rotatable bonds is 2. The van der Waals surface area contributed by atoms with Gasteiger partial charge in [-0.2, -0.15) is 5.10 Å². The molecule has 2 N–H and O–H groups in total. The molecule has 0 bridgehead atoms. The summed E-state index contributed by atoms with van der Waals surface area (Å²) in [6.45, 7) is 0. The fourth-order valence-corrected chi connectivity index (χ4v) is 3.12. The van der Waals surface area contributed by atoms with Gasteiger partial charge >= 0.3 is 0 Å². The summed E-state index contributed by atoms with van der Waals surface area (Å²) in [4.78, 5) is 15.5. The first-order valence-corrected chi connectivity index (χ1v) is 7.78. The molecule has 1 atom stereocenters. The molecule has 3 aromatic rings. The number of benzene rings is 2. The molecule has 2 heterocycles. The zero-order valence-corrected chi connectivity index (χ0v) is 13.0. The van der Waals surface area contributed by atoms with Crippen molar-refractivity contribution in [1.29, 1.82) is 0 Å². The molecule has 0 aliphatic carbocycles. The Morgan fingerprint density at radius 2 is 1.87 bits per heavy atom. The standard InChI is InChI=1S/C18H14ClN3O/c19-12-7-5-11(6-8-12)17-9-14(18(23)22-21-17)15-10-20-16-4-2-1-3-13(15)16/h1-8,10,14,20H,9H2,(H,22,23)/t14-/m1/s1. The summed E-state index contributed by atoms with van der Waals surface area (Å²) in [5.74, 6) is -0.332. The Kier molecular flexibility index (Phi) is 3.39. The predicted molar refractivity (Wildman–Crippen MR) is 91.8 cm³/mol. The van der Waals surface area contributed by atoms with E-state index in [2.05, 4.69) is 15.5 Å². The van der Waals surface area contributed by atoms with Crippen LogP contribution in [0.3, 0.4) is 0 Å². The van der Waals surface area contributed by atoms with E-state index in [1.807, 2.05) is 54.7 Å². The third-order valence-electron chi connectivity index (χ3n) is 4.19.